The van der Waals surface area contributed by atoms with Gasteiger partial charge in [0.05, 0.1) is 0 Å². The predicted octanol–water partition coefficient (Wildman–Crippen LogP) is 1.76. The van der Waals surface area contributed by atoms with E-state index in [9.17, 15) is 14.7 Å². The van der Waals surface area contributed by atoms with Crippen LogP contribution in [0.1, 0.15) is 12.0 Å². The molecule has 4 heteroatoms. The van der Waals surface area contributed by atoms with Crippen molar-refractivity contribution in [3.05, 3.63) is 48.0 Å². The molecule has 1 aliphatic heterocycles. The first-order chi connectivity index (χ1) is 10.1. The molecule has 0 spiro atoms. The van der Waals surface area contributed by atoms with Gasteiger partial charge in [0.15, 0.2) is 11.4 Å². The second-order valence-electron chi connectivity index (χ2n) is 6.55. The molecule has 0 aromatic heterocycles. The Kier molecular flexibility index (Phi) is 1.82. The van der Waals surface area contributed by atoms with Gasteiger partial charge in [-0.25, -0.2) is 4.79 Å². The maximum absolute atomic E-state index is 13.0. The van der Waals surface area contributed by atoms with Gasteiger partial charge in [-0.2, -0.15) is 0 Å². The number of ether oxygens (including phenoxy) is 1. The van der Waals surface area contributed by atoms with E-state index in [1.807, 2.05) is 18.2 Å². The summed E-state index contributed by atoms with van der Waals surface area (Å²) in [6, 6.07) is 9.12. The molecule has 106 valence electrons. The molecule has 3 aliphatic carbocycles. The van der Waals surface area contributed by atoms with Crippen molar-refractivity contribution in [1.29, 1.82) is 0 Å². The largest absolute Gasteiger partial charge is 0.479 e. The Hall–Kier alpha value is -1.94. The van der Waals surface area contributed by atoms with Crippen LogP contribution in [-0.2, 0) is 19.9 Å². The molecule has 1 heterocycles. The zero-order valence-electron chi connectivity index (χ0n) is 11.2. The number of carbonyl (C=O) groups excluding carboxylic acids is 1. The summed E-state index contributed by atoms with van der Waals surface area (Å²) in [5.41, 5.74) is -1.91. The highest BCUT2D eigenvalue weighted by Gasteiger charge is 2.91. The molecule has 1 aromatic carbocycles. The standard InChI is InChI=1S/C17H14O4/c18-14-12-9-6-7-10(8-9)13(12)17(15(19)20)16(14,21-17)11-4-2-1-3-5-11/h1-7,9-10,12-13H,8H2,(H,19,20)/t9-,10+,12+,13-,16+,17+/m1/s1. The van der Waals surface area contributed by atoms with Crippen LogP contribution in [0.25, 0.3) is 0 Å². The molecule has 4 aliphatic rings. The lowest BCUT2D eigenvalue weighted by molar-refractivity contribution is -0.146. The highest BCUT2D eigenvalue weighted by atomic mass is 16.7. The Morgan fingerprint density at radius 3 is 2.62 bits per heavy atom. The Labute approximate surface area is 121 Å². The minimum absolute atomic E-state index is 0.0297. The molecule has 1 saturated heterocycles. The smallest absolute Gasteiger partial charge is 0.340 e. The van der Waals surface area contributed by atoms with Crippen molar-refractivity contribution in [1.82, 2.24) is 0 Å². The van der Waals surface area contributed by atoms with Crippen molar-refractivity contribution in [3.63, 3.8) is 0 Å². The first kappa shape index (κ1) is 11.7. The molecule has 1 N–H and O–H groups in total. The number of allylic oxidation sites excluding steroid dienone is 2. The summed E-state index contributed by atoms with van der Waals surface area (Å²) < 4.78 is 5.77. The average molecular weight is 282 g/mol. The van der Waals surface area contributed by atoms with Crippen LogP contribution < -0.4 is 0 Å². The molecule has 4 nitrogen and oxygen atoms in total. The summed E-state index contributed by atoms with van der Waals surface area (Å²) in [7, 11) is 0. The summed E-state index contributed by atoms with van der Waals surface area (Å²) in [5, 5.41) is 9.83. The molecule has 0 radical (unpaired) electrons. The van der Waals surface area contributed by atoms with Gasteiger partial charge in [-0.1, -0.05) is 42.5 Å². The summed E-state index contributed by atoms with van der Waals surface area (Å²) in [5.74, 6) is -1.07. The number of hydrogen-bond donors (Lipinski definition) is 1. The number of rotatable bonds is 2. The van der Waals surface area contributed by atoms with Crippen molar-refractivity contribution < 1.29 is 19.4 Å². The topological polar surface area (TPSA) is 66.9 Å². The third-order valence-corrected chi connectivity index (χ3v) is 5.87. The lowest BCUT2D eigenvalue weighted by Gasteiger charge is -2.24. The highest BCUT2D eigenvalue weighted by molar-refractivity contribution is 6.08. The Morgan fingerprint density at radius 1 is 1.19 bits per heavy atom. The zero-order valence-corrected chi connectivity index (χ0v) is 11.2. The van der Waals surface area contributed by atoms with Gasteiger partial charge in [-0.05, 0) is 23.8 Å². The first-order valence-electron chi connectivity index (χ1n) is 7.34. The molecule has 0 unspecified atom stereocenters. The molecule has 5 rings (SSSR count). The van der Waals surface area contributed by atoms with Gasteiger partial charge in [-0.3, -0.25) is 4.79 Å². The van der Waals surface area contributed by atoms with E-state index in [4.69, 9.17) is 4.74 Å². The lowest BCUT2D eigenvalue weighted by Crippen LogP contribution is -2.38. The lowest BCUT2D eigenvalue weighted by atomic mass is 9.78. The number of carboxylic acids is 1. The van der Waals surface area contributed by atoms with E-state index in [1.54, 1.807) is 12.1 Å². The minimum Gasteiger partial charge on any atom is -0.479 e. The van der Waals surface area contributed by atoms with Gasteiger partial charge >= 0.3 is 5.97 Å². The van der Waals surface area contributed by atoms with Crippen LogP contribution in [0.2, 0.25) is 0 Å². The molecule has 3 fully saturated rings. The second-order valence-corrected chi connectivity index (χ2v) is 6.55. The fraction of sp³-hybridized carbons (Fsp3) is 0.412. The number of epoxide rings is 1. The summed E-state index contributed by atoms with van der Waals surface area (Å²) in [6.07, 6.45) is 5.06. The Bertz CT molecular complexity index is 709. The van der Waals surface area contributed by atoms with E-state index in [-0.39, 0.29) is 29.5 Å². The highest BCUT2D eigenvalue weighted by Crippen LogP contribution is 2.74. The number of Topliss-reactive ketones (excluding diaryl/α,β-unsaturated/α-hetero) is 1. The van der Waals surface area contributed by atoms with Gasteiger partial charge in [0, 0.05) is 11.8 Å². The first-order valence-corrected chi connectivity index (χ1v) is 7.34. The quantitative estimate of drug-likeness (QED) is 0.663. The molecule has 6 atom stereocenters. The summed E-state index contributed by atoms with van der Waals surface area (Å²) >= 11 is 0. The number of carboxylic acid groups (broad SMARTS) is 1. The van der Waals surface area contributed by atoms with Crippen LogP contribution in [0.3, 0.4) is 0 Å². The summed E-state index contributed by atoms with van der Waals surface area (Å²) in [4.78, 5) is 25.0. The SMILES string of the molecule is O=C1[C@@H]2[C@@H]([C@H]3C=C[C@@H]2C3)[C@@]2(C(=O)O)O[C@@]12c1ccccc1. The van der Waals surface area contributed by atoms with Crippen molar-refractivity contribution >= 4 is 11.8 Å². The van der Waals surface area contributed by atoms with Crippen LogP contribution in [0, 0.1) is 23.7 Å². The van der Waals surface area contributed by atoms with E-state index >= 15 is 0 Å². The molecule has 21 heavy (non-hydrogen) atoms. The normalized spacial score (nSPS) is 48.3. The molecular weight excluding hydrogens is 268 g/mol. The molecule has 1 aromatic rings. The number of carbonyl (C=O) groups is 2. The van der Waals surface area contributed by atoms with Crippen LogP contribution in [0.4, 0.5) is 0 Å². The average Bonchev–Trinajstić information content (AvgIpc) is 2.76. The molecule has 2 bridgehead atoms. The van der Waals surface area contributed by atoms with Crippen LogP contribution in [0.15, 0.2) is 42.5 Å². The van der Waals surface area contributed by atoms with Crippen LogP contribution >= 0.6 is 0 Å². The van der Waals surface area contributed by atoms with Gasteiger partial charge in [0.1, 0.15) is 0 Å². The van der Waals surface area contributed by atoms with Gasteiger partial charge in [0.25, 0.3) is 0 Å². The van der Waals surface area contributed by atoms with Gasteiger partial charge in [-0.15, -0.1) is 0 Å². The Balaban J connectivity index is 1.73. The zero-order chi connectivity index (χ0) is 14.4. The third kappa shape index (κ3) is 1.01. The number of aliphatic carboxylic acids is 1. The predicted molar refractivity (Wildman–Crippen MR) is 72.3 cm³/mol. The van der Waals surface area contributed by atoms with Crippen LogP contribution in [-0.4, -0.2) is 22.5 Å². The van der Waals surface area contributed by atoms with E-state index in [2.05, 4.69) is 12.2 Å². The number of hydrogen-bond acceptors (Lipinski definition) is 3. The number of benzene rings is 1. The molecule has 0 amide bonds. The maximum Gasteiger partial charge on any atom is 0.340 e. The fourth-order valence-corrected chi connectivity index (χ4v) is 5.15. The molecular formula is C17H14O4. The number of fused-ring (bicyclic) bond motifs is 7. The van der Waals surface area contributed by atoms with E-state index < -0.39 is 17.2 Å². The van der Waals surface area contributed by atoms with E-state index in [0.717, 1.165) is 6.42 Å². The minimum atomic E-state index is -1.35. The van der Waals surface area contributed by atoms with Crippen molar-refractivity contribution in [2.45, 2.75) is 17.6 Å². The maximum atomic E-state index is 13.0. The number of ketones is 1. The fourth-order valence-electron chi connectivity index (χ4n) is 5.15. The van der Waals surface area contributed by atoms with Gasteiger partial charge in [0.2, 0.25) is 5.60 Å². The van der Waals surface area contributed by atoms with Crippen LogP contribution in [0.5, 0.6) is 0 Å². The monoisotopic (exact) mass is 282 g/mol. The van der Waals surface area contributed by atoms with Crippen molar-refractivity contribution in [2.24, 2.45) is 23.7 Å². The van der Waals surface area contributed by atoms with Crippen molar-refractivity contribution in [2.75, 3.05) is 0 Å². The van der Waals surface area contributed by atoms with Gasteiger partial charge < -0.3 is 9.84 Å². The second kappa shape index (κ2) is 3.28. The Morgan fingerprint density at radius 2 is 1.90 bits per heavy atom. The van der Waals surface area contributed by atoms with Crippen molar-refractivity contribution in [3.8, 4) is 0 Å². The molecule has 2 saturated carbocycles. The van der Waals surface area contributed by atoms with E-state index in [1.165, 1.54) is 0 Å². The summed E-state index contributed by atoms with van der Waals surface area (Å²) in [6.45, 7) is 0. The van der Waals surface area contributed by atoms with E-state index in [0.29, 0.717) is 5.56 Å². The third-order valence-electron chi connectivity index (χ3n) is 5.87.